The molecule has 0 unspecified atom stereocenters. The van der Waals surface area contributed by atoms with Crippen molar-refractivity contribution in [2.45, 2.75) is 6.92 Å². The van der Waals surface area contributed by atoms with Crippen LogP contribution in [0.3, 0.4) is 0 Å². The number of H-pyrrole nitrogens is 1. The molecule has 0 saturated heterocycles. The molecule has 0 fully saturated rings. The molecule has 2 N–H and O–H groups in total. The summed E-state index contributed by atoms with van der Waals surface area (Å²) in [4.78, 5) is 26.0. The third kappa shape index (κ3) is 2.66. The van der Waals surface area contributed by atoms with Gasteiger partial charge in [0, 0.05) is 23.4 Å². The second kappa shape index (κ2) is 5.92. The van der Waals surface area contributed by atoms with Gasteiger partial charge in [0.1, 0.15) is 11.4 Å². The summed E-state index contributed by atoms with van der Waals surface area (Å²) in [5.41, 5.74) is 2.94. The molecule has 6 nitrogen and oxygen atoms in total. The van der Waals surface area contributed by atoms with Gasteiger partial charge < -0.3 is 15.0 Å². The van der Waals surface area contributed by atoms with E-state index in [0.717, 1.165) is 5.52 Å². The third-order valence-electron chi connectivity index (χ3n) is 3.58. The van der Waals surface area contributed by atoms with Crippen LogP contribution < -0.4 is 10.1 Å². The van der Waals surface area contributed by atoms with Crippen molar-refractivity contribution in [3.63, 3.8) is 0 Å². The van der Waals surface area contributed by atoms with Crippen LogP contribution in [0.15, 0.2) is 47.6 Å². The predicted octanol–water partition coefficient (Wildman–Crippen LogP) is 4.20. The van der Waals surface area contributed by atoms with Crippen LogP contribution in [0.4, 0.5) is 11.4 Å². The highest BCUT2D eigenvalue weighted by molar-refractivity contribution is 6.03. The van der Waals surface area contributed by atoms with E-state index in [-0.39, 0.29) is 11.6 Å². The maximum atomic E-state index is 11.4. The van der Waals surface area contributed by atoms with Gasteiger partial charge in [0.25, 0.3) is 0 Å². The number of nitroso groups, excluding NO2 is 1. The standard InChI is InChI=1S/C17H15N3O3/c1-10(21)18-14-6-4-3-5-12(14)16-17(20-22)13-9-11(23-2)7-8-15(13)19-16/h3-9,19H,1-2H3,(H,18,21). The first-order valence-corrected chi connectivity index (χ1v) is 7.04. The minimum Gasteiger partial charge on any atom is -0.497 e. The first kappa shape index (κ1) is 14.8. The molecule has 0 saturated carbocycles. The van der Waals surface area contributed by atoms with Crippen LogP contribution in [0.2, 0.25) is 0 Å². The summed E-state index contributed by atoms with van der Waals surface area (Å²) < 4.78 is 5.20. The molecule has 3 rings (SSSR count). The number of carbonyl (C=O) groups is 1. The fourth-order valence-corrected chi connectivity index (χ4v) is 2.57. The topological polar surface area (TPSA) is 83.5 Å². The summed E-state index contributed by atoms with van der Waals surface area (Å²) in [5.74, 6) is 0.457. The quantitative estimate of drug-likeness (QED) is 0.708. The number of hydrogen-bond donors (Lipinski definition) is 2. The summed E-state index contributed by atoms with van der Waals surface area (Å²) >= 11 is 0. The molecule has 23 heavy (non-hydrogen) atoms. The number of methoxy groups -OCH3 is 1. The van der Waals surface area contributed by atoms with E-state index < -0.39 is 0 Å². The van der Waals surface area contributed by atoms with E-state index >= 15 is 0 Å². The Hall–Kier alpha value is -3.15. The lowest BCUT2D eigenvalue weighted by molar-refractivity contribution is -0.114. The number of para-hydroxylation sites is 1. The summed E-state index contributed by atoms with van der Waals surface area (Å²) in [7, 11) is 1.56. The summed E-state index contributed by atoms with van der Waals surface area (Å²) in [6, 6.07) is 12.6. The molecule has 1 aromatic heterocycles. The van der Waals surface area contributed by atoms with Gasteiger partial charge in [-0.2, -0.15) is 0 Å². The Labute approximate surface area is 132 Å². The first-order chi connectivity index (χ1) is 11.1. The number of carbonyl (C=O) groups excluding carboxylic acids is 1. The third-order valence-corrected chi connectivity index (χ3v) is 3.58. The van der Waals surface area contributed by atoms with Crippen LogP contribution in [0, 0.1) is 4.91 Å². The van der Waals surface area contributed by atoms with Crippen LogP contribution >= 0.6 is 0 Å². The Balaban J connectivity index is 2.24. The molecule has 6 heteroatoms. The molecular weight excluding hydrogens is 294 g/mol. The van der Waals surface area contributed by atoms with Crippen LogP contribution in [0.1, 0.15) is 6.92 Å². The molecule has 3 aromatic rings. The lowest BCUT2D eigenvalue weighted by Gasteiger charge is -2.08. The van der Waals surface area contributed by atoms with E-state index in [9.17, 15) is 9.70 Å². The largest absolute Gasteiger partial charge is 0.497 e. The fraction of sp³-hybridized carbons (Fsp3) is 0.118. The van der Waals surface area contributed by atoms with Gasteiger partial charge in [0.15, 0.2) is 0 Å². The number of anilines is 1. The second-order valence-corrected chi connectivity index (χ2v) is 5.08. The Morgan fingerprint density at radius 1 is 1.22 bits per heavy atom. The SMILES string of the molecule is COc1ccc2[nH]c(-c3ccccc3NC(C)=O)c(N=O)c2c1. The van der Waals surface area contributed by atoms with Gasteiger partial charge >= 0.3 is 0 Å². The van der Waals surface area contributed by atoms with Crippen LogP contribution in [0.5, 0.6) is 5.75 Å². The molecule has 2 aromatic carbocycles. The molecule has 116 valence electrons. The lowest BCUT2D eigenvalue weighted by atomic mass is 10.1. The van der Waals surface area contributed by atoms with Crippen molar-refractivity contribution in [3.8, 4) is 17.0 Å². The zero-order chi connectivity index (χ0) is 16.4. The highest BCUT2D eigenvalue weighted by atomic mass is 16.5. The van der Waals surface area contributed by atoms with Crippen molar-refractivity contribution < 1.29 is 9.53 Å². The molecule has 0 aliphatic carbocycles. The number of aromatic nitrogens is 1. The maximum absolute atomic E-state index is 11.4. The molecule has 0 aliphatic heterocycles. The number of fused-ring (bicyclic) bond motifs is 1. The van der Waals surface area contributed by atoms with Crippen molar-refractivity contribution in [1.82, 2.24) is 4.98 Å². The molecule has 1 amide bonds. The second-order valence-electron chi connectivity index (χ2n) is 5.08. The molecule has 1 heterocycles. The van der Waals surface area contributed by atoms with Crippen molar-refractivity contribution in [2.24, 2.45) is 5.18 Å². The smallest absolute Gasteiger partial charge is 0.221 e. The lowest BCUT2D eigenvalue weighted by Crippen LogP contribution is -2.06. The Kier molecular flexibility index (Phi) is 3.80. The summed E-state index contributed by atoms with van der Waals surface area (Å²) in [6.07, 6.45) is 0. The van der Waals surface area contributed by atoms with Crippen molar-refractivity contribution >= 4 is 28.2 Å². The summed E-state index contributed by atoms with van der Waals surface area (Å²) in [5, 5.41) is 6.62. The number of hydrogen-bond acceptors (Lipinski definition) is 4. The Bertz CT molecular complexity index is 899. The minimum absolute atomic E-state index is 0.184. The predicted molar refractivity (Wildman–Crippen MR) is 90.0 cm³/mol. The summed E-state index contributed by atoms with van der Waals surface area (Å²) in [6.45, 7) is 1.44. The molecular formula is C17H15N3O3. The van der Waals surface area contributed by atoms with Gasteiger partial charge in [-0.05, 0) is 29.4 Å². The fourth-order valence-electron chi connectivity index (χ4n) is 2.57. The van der Waals surface area contributed by atoms with Crippen molar-refractivity contribution in [2.75, 3.05) is 12.4 Å². The van der Waals surface area contributed by atoms with Crippen molar-refractivity contribution in [3.05, 3.63) is 47.4 Å². The zero-order valence-corrected chi connectivity index (χ0v) is 12.7. The van der Waals surface area contributed by atoms with E-state index in [2.05, 4.69) is 15.5 Å². The normalized spacial score (nSPS) is 10.5. The number of amides is 1. The molecule has 0 spiro atoms. The monoisotopic (exact) mass is 309 g/mol. The number of ether oxygens (including phenoxy) is 1. The average Bonchev–Trinajstić information content (AvgIpc) is 2.92. The van der Waals surface area contributed by atoms with Crippen LogP contribution in [0.25, 0.3) is 22.2 Å². The zero-order valence-electron chi connectivity index (χ0n) is 12.7. The van der Waals surface area contributed by atoms with E-state index in [1.54, 1.807) is 25.3 Å². The Morgan fingerprint density at radius 2 is 2.00 bits per heavy atom. The van der Waals surface area contributed by atoms with Gasteiger partial charge in [-0.15, -0.1) is 4.91 Å². The molecule has 0 radical (unpaired) electrons. The van der Waals surface area contributed by atoms with Gasteiger partial charge in [0.05, 0.1) is 18.5 Å². The number of rotatable bonds is 4. The van der Waals surface area contributed by atoms with Crippen LogP contribution in [-0.2, 0) is 4.79 Å². The maximum Gasteiger partial charge on any atom is 0.221 e. The Morgan fingerprint density at radius 3 is 2.70 bits per heavy atom. The van der Waals surface area contributed by atoms with Gasteiger partial charge in [-0.1, -0.05) is 18.2 Å². The van der Waals surface area contributed by atoms with E-state index in [4.69, 9.17) is 4.74 Å². The highest BCUT2D eigenvalue weighted by Gasteiger charge is 2.17. The highest BCUT2D eigenvalue weighted by Crippen LogP contribution is 2.41. The number of aromatic amines is 1. The van der Waals surface area contributed by atoms with Crippen molar-refractivity contribution in [1.29, 1.82) is 0 Å². The van der Waals surface area contributed by atoms with E-state index in [0.29, 0.717) is 28.1 Å². The van der Waals surface area contributed by atoms with E-state index in [1.165, 1.54) is 6.92 Å². The van der Waals surface area contributed by atoms with Gasteiger partial charge in [-0.25, -0.2) is 0 Å². The number of benzene rings is 2. The number of nitrogens with zero attached hydrogens (tertiary/aromatic N) is 1. The van der Waals surface area contributed by atoms with Gasteiger partial charge in [0.2, 0.25) is 5.91 Å². The number of nitrogens with one attached hydrogen (secondary N) is 2. The van der Waals surface area contributed by atoms with E-state index in [1.807, 2.05) is 24.3 Å². The first-order valence-electron chi connectivity index (χ1n) is 7.04. The molecule has 0 aliphatic rings. The molecule has 0 atom stereocenters. The minimum atomic E-state index is -0.184. The van der Waals surface area contributed by atoms with Crippen LogP contribution in [-0.4, -0.2) is 18.0 Å². The van der Waals surface area contributed by atoms with Gasteiger partial charge in [-0.3, -0.25) is 4.79 Å². The molecule has 0 bridgehead atoms. The average molecular weight is 309 g/mol.